The Morgan fingerprint density at radius 1 is 1.14 bits per heavy atom. The van der Waals surface area contributed by atoms with Gasteiger partial charge in [-0.3, -0.25) is 14.2 Å². The second-order valence-corrected chi connectivity index (χ2v) is 13.3. The smallest absolute Gasteiger partial charge is 0.452 e. The van der Waals surface area contributed by atoms with Crippen LogP contribution >= 0.6 is 0 Å². The molecule has 15 heteroatoms. The van der Waals surface area contributed by atoms with Gasteiger partial charge in [0.2, 0.25) is 21.7 Å². The van der Waals surface area contributed by atoms with Crippen LogP contribution in [0.15, 0.2) is 47.6 Å². The van der Waals surface area contributed by atoms with Crippen LogP contribution in [0.5, 0.6) is 5.88 Å². The number of aryl methyl sites for hydroxylation is 2. The minimum absolute atomic E-state index is 0.0400. The lowest BCUT2D eigenvalue weighted by molar-refractivity contribution is -0.145. The lowest BCUT2D eigenvalue weighted by Gasteiger charge is -2.34. The third-order valence-electron chi connectivity index (χ3n) is 8.61. The highest BCUT2D eigenvalue weighted by Crippen LogP contribution is 2.46. The van der Waals surface area contributed by atoms with E-state index in [0.29, 0.717) is 40.9 Å². The number of aromatic nitrogens is 5. The highest BCUT2D eigenvalue weighted by molar-refractivity contribution is 7.89. The zero-order valence-electron chi connectivity index (χ0n) is 24.1. The summed E-state index contributed by atoms with van der Waals surface area (Å²) >= 11 is 0. The van der Waals surface area contributed by atoms with E-state index in [9.17, 15) is 31.5 Å². The highest BCUT2D eigenvalue weighted by Gasteiger charge is 2.52. The molecule has 0 aromatic carbocycles. The maximum atomic E-state index is 13.8. The summed E-state index contributed by atoms with van der Waals surface area (Å²) in [5.74, 6) is -2.27. The third kappa shape index (κ3) is 4.87. The van der Waals surface area contributed by atoms with Crippen LogP contribution < -0.4 is 4.74 Å². The first-order chi connectivity index (χ1) is 20.7. The van der Waals surface area contributed by atoms with Crippen molar-refractivity contribution in [1.82, 2.24) is 28.9 Å². The number of pyridine rings is 3. The van der Waals surface area contributed by atoms with Gasteiger partial charge in [-0.1, -0.05) is 13.0 Å². The average molecular weight is 631 g/mol. The molecule has 4 aromatic rings. The van der Waals surface area contributed by atoms with Crippen molar-refractivity contribution in [3.63, 3.8) is 0 Å². The Hall–Kier alpha value is -4.11. The Balaban J connectivity index is 1.46. The minimum atomic E-state index is -4.74. The number of ether oxygens (including phenoxy) is 1. The summed E-state index contributed by atoms with van der Waals surface area (Å²) in [6.07, 6.45) is -0.938. The first-order valence-corrected chi connectivity index (χ1v) is 15.4. The molecule has 5 heterocycles. The van der Waals surface area contributed by atoms with Crippen molar-refractivity contribution in [3.8, 4) is 5.88 Å². The van der Waals surface area contributed by atoms with Crippen LogP contribution in [0, 0.1) is 13.8 Å². The Bertz CT molecular complexity index is 1910. The maximum absolute atomic E-state index is 13.8. The van der Waals surface area contributed by atoms with E-state index in [2.05, 4.69) is 15.2 Å². The van der Waals surface area contributed by atoms with Gasteiger partial charge in [-0.05, 0) is 74.1 Å². The first kappa shape index (κ1) is 29.9. The van der Waals surface area contributed by atoms with Crippen molar-refractivity contribution < 1.29 is 36.2 Å². The molecule has 0 amide bonds. The minimum Gasteiger partial charge on any atom is -0.481 e. The molecule has 0 bridgehead atoms. The number of sulfonamides is 1. The van der Waals surface area contributed by atoms with Crippen LogP contribution in [-0.4, -0.2) is 60.5 Å². The van der Waals surface area contributed by atoms with Gasteiger partial charge in [0.15, 0.2) is 5.65 Å². The average Bonchev–Trinajstić information content (AvgIpc) is 3.57. The van der Waals surface area contributed by atoms with Gasteiger partial charge in [0.25, 0.3) is 0 Å². The number of carbonyl (C=O) groups is 1. The number of fused-ring (bicyclic) bond motifs is 2. The van der Waals surface area contributed by atoms with Gasteiger partial charge in [0.05, 0.1) is 30.9 Å². The number of carboxylic acids is 1. The molecule has 1 fully saturated rings. The maximum Gasteiger partial charge on any atom is 0.452 e. The lowest BCUT2D eigenvalue weighted by Crippen LogP contribution is -2.38. The highest BCUT2D eigenvalue weighted by atomic mass is 32.2. The van der Waals surface area contributed by atoms with Gasteiger partial charge in [0.1, 0.15) is 10.5 Å². The van der Waals surface area contributed by atoms with E-state index >= 15 is 0 Å². The second kappa shape index (κ2) is 10.2. The van der Waals surface area contributed by atoms with Crippen LogP contribution in [0.2, 0.25) is 0 Å². The molecule has 1 saturated carbocycles. The Labute approximate surface area is 250 Å². The van der Waals surface area contributed by atoms with Crippen molar-refractivity contribution in [3.05, 3.63) is 76.6 Å². The molecule has 1 spiro atoms. The van der Waals surface area contributed by atoms with E-state index in [1.807, 2.05) is 0 Å². The molecule has 6 rings (SSSR count). The summed E-state index contributed by atoms with van der Waals surface area (Å²) in [7, 11) is -4.03. The summed E-state index contributed by atoms with van der Waals surface area (Å²) in [5.41, 5.74) is 0.193. The standard InChI is InChI=1S/C29H29F3N6O5S/c1-4-28(14-23(39)40,19-9-13-38-24(18(19)3)35-36-26(38)29(30,31)32)22-8-7-17(2)20(34-22)15-37-16-27(10-11-27)43-25-21(44(37,41)42)6-5-12-33-25/h5-9,12-13H,4,10-11,14-16H2,1-3H3,(H,39,40). The van der Waals surface area contributed by atoms with Crippen LogP contribution in [0.25, 0.3) is 5.65 Å². The topological polar surface area (TPSA) is 140 Å². The monoisotopic (exact) mass is 630 g/mol. The summed E-state index contributed by atoms with van der Waals surface area (Å²) in [6, 6.07) is 7.86. The molecular weight excluding hydrogens is 601 g/mol. The predicted octanol–water partition coefficient (Wildman–Crippen LogP) is 4.44. The Morgan fingerprint density at radius 2 is 1.89 bits per heavy atom. The van der Waals surface area contributed by atoms with Crippen molar-refractivity contribution in [2.45, 2.75) is 75.1 Å². The van der Waals surface area contributed by atoms with Gasteiger partial charge in [0, 0.05) is 17.8 Å². The SMILES string of the molecule is CCC(CC(=O)O)(c1ccc(C)c(CN2CC3(CC3)Oc3ncccc3S2(=O)=O)n1)c1ccn2c(C(F)(F)F)nnc2c1C. The van der Waals surface area contributed by atoms with Crippen LogP contribution in [0.4, 0.5) is 13.2 Å². The first-order valence-electron chi connectivity index (χ1n) is 14.0. The molecule has 11 nitrogen and oxygen atoms in total. The zero-order chi connectivity index (χ0) is 31.7. The van der Waals surface area contributed by atoms with Gasteiger partial charge < -0.3 is 9.84 Å². The van der Waals surface area contributed by atoms with Crippen LogP contribution in [0.1, 0.15) is 66.5 Å². The molecule has 4 aromatic heterocycles. The molecule has 1 aliphatic heterocycles. The fourth-order valence-corrected chi connectivity index (χ4v) is 7.55. The number of aliphatic carboxylic acids is 1. The quantitative estimate of drug-likeness (QED) is 0.314. The van der Waals surface area contributed by atoms with Gasteiger partial charge in [-0.15, -0.1) is 10.2 Å². The number of hydrogen-bond acceptors (Lipinski definition) is 8. The fraction of sp³-hybridized carbons (Fsp3) is 0.414. The van der Waals surface area contributed by atoms with Crippen LogP contribution in [0.3, 0.4) is 0 Å². The Kier molecular flexibility index (Phi) is 6.96. The summed E-state index contributed by atoms with van der Waals surface area (Å²) in [6.45, 7) is 5.12. The van der Waals surface area contributed by atoms with Gasteiger partial charge in [-0.25, -0.2) is 13.4 Å². The molecule has 232 valence electrons. The van der Waals surface area contributed by atoms with E-state index < -0.39 is 45.4 Å². The summed E-state index contributed by atoms with van der Waals surface area (Å²) in [5, 5.41) is 17.1. The largest absolute Gasteiger partial charge is 0.481 e. The number of alkyl halides is 3. The summed E-state index contributed by atoms with van der Waals surface area (Å²) in [4.78, 5) is 21.3. The molecular formula is C29H29F3N6O5S. The number of halogens is 3. The molecule has 1 N–H and O–H groups in total. The molecule has 0 saturated heterocycles. The normalized spacial score (nSPS) is 18.8. The molecule has 44 heavy (non-hydrogen) atoms. The van der Waals surface area contributed by atoms with E-state index in [1.54, 1.807) is 32.9 Å². The molecule has 1 unspecified atom stereocenters. The zero-order valence-corrected chi connectivity index (χ0v) is 24.9. The van der Waals surface area contributed by atoms with Crippen molar-refractivity contribution >= 4 is 21.6 Å². The van der Waals surface area contributed by atoms with Gasteiger partial charge in [-0.2, -0.15) is 17.5 Å². The summed E-state index contributed by atoms with van der Waals surface area (Å²) < 4.78 is 76.4. The van der Waals surface area contributed by atoms with E-state index in [1.165, 1.54) is 34.9 Å². The number of hydrogen-bond donors (Lipinski definition) is 1. The molecule has 1 atom stereocenters. The second-order valence-electron chi connectivity index (χ2n) is 11.4. The molecule has 0 radical (unpaired) electrons. The molecule has 1 aliphatic carbocycles. The van der Waals surface area contributed by atoms with E-state index in [-0.39, 0.29) is 35.9 Å². The number of nitrogens with zero attached hydrogens (tertiary/aromatic N) is 6. The van der Waals surface area contributed by atoms with Crippen molar-refractivity contribution in [2.75, 3.05) is 6.54 Å². The Morgan fingerprint density at radius 3 is 2.55 bits per heavy atom. The van der Waals surface area contributed by atoms with Gasteiger partial charge >= 0.3 is 12.1 Å². The van der Waals surface area contributed by atoms with E-state index in [4.69, 9.17) is 9.72 Å². The number of carboxylic acid groups (broad SMARTS) is 1. The van der Waals surface area contributed by atoms with E-state index in [0.717, 1.165) is 4.40 Å². The third-order valence-corrected chi connectivity index (χ3v) is 10.4. The van der Waals surface area contributed by atoms with Crippen molar-refractivity contribution in [1.29, 1.82) is 0 Å². The number of rotatable bonds is 7. The van der Waals surface area contributed by atoms with Crippen LogP contribution in [-0.2, 0) is 33.0 Å². The van der Waals surface area contributed by atoms with Crippen molar-refractivity contribution in [2.24, 2.45) is 0 Å². The lowest BCUT2D eigenvalue weighted by atomic mass is 9.71. The molecule has 2 aliphatic rings. The predicted molar refractivity (Wildman–Crippen MR) is 149 cm³/mol. The fourth-order valence-electron chi connectivity index (χ4n) is 6.01.